The molecule has 5 heteroatoms. The van der Waals surface area contributed by atoms with Crippen LogP contribution in [0.4, 0.5) is 10.5 Å². The van der Waals surface area contributed by atoms with E-state index in [0.717, 1.165) is 5.56 Å². The van der Waals surface area contributed by atoms with Gasteiger partial charge in [0.2, 0.25) is 0 Å². The molecule has 0 radical (unpaired) electrons. The van der Waals surface area contributed by atoms with Crippen molar-refractivity contribution in [1.29, 1.82) is 5.26 Å². The molecule has 100 valence electrons. The molecule has 2 aromatic carbocycles. The number of ether oxygens (including phenoxy) is 1. The van der Waals surface area contributed by atoms with Gasteiger partial charge in [-0.25, -0.2) is 4.79 Å². The first-order chi connectivity index (χ1) is 9.72. The second-order valence-corrected chi connectivity index (χ2v) is 4.71. The summed E-state index contributed by atoms with van der Waals surface area (Å²) in [5, 5.41) is 11.6. The molecule has 0 aliphatic rings. The van der Waals surface area contributed by atoms with E-state index >= 15 is 0 Å². The van der Waals surface area contributed by atoms with E-state index in [1.165, 1.54) is 0 Å². The molecular weight excluding hydrogens is 367 g/mol. The maximum Gasteiger partial charge on any atom is 0.417 e. The SMILES string of the molecule is N#Cc1ccc(NC(=O)Oc2ccccc2)cc1CI. The normalized spacial score (nSPS) is 9.60. The summed E-state index contributed by atoms with van der Waals surface area (Å²) in [5.41, 5.74) is 2.10. The molecule has 0 aliphatic heterocycles. The molecule has 0 aliphatic carbocycles. The van der Waals surface area contributed by atoms with Gasteiger partial charge in [0.1, 0.15) is 5.75 Å². The summed E-state index contributed by atoms with van der Waals surface area (Å²) in [4.78, 5) is 11.7. The van der Waals surface area contributed by atoms with Crippen LogP contribution in [0, 0.1) is 11.3 Å². The number of halogens is 1. The molecule has 0 saturated carbocycles. The van der Waals surface area contributed by atoms with Crippen LogP contribution in [0.2, 0.25) is 0 Å². The zero-order valence-electron chi connectivity index (χ0n) is 10.5. The lowest BCUT2D eigenvalue weighted by molar-refractivity contribution is 0.215. The molecule has 4 nitrogen and oxygen atoms in total. The quantitative estimate of drug-likeness (QED) is 0.646. The molecule has 0 atom stereocenters. The lowest BCUT2D eigenvalue weighted by Crippen LogP contribution is -2.16. The van der Waals surface area contributed by atoms with Gasteiger partial charge in [-0.1, -0.05) is 40.8 Å². The summed E-state index contributed by atoms with van der Waals surface area (Å²) >= 11 is 2.18. The van der Waals surface area contributed by atoms with Gasteiger partial charge in [0.25, 0.3) is 0 Å². The summed E-state index contributed by atoms with van der Waals surface area (Å²) in [5.74, 6) is 0.479. The van der Waals surface area contributed by atoms with E-state index in [2.05, 4.69) is 34.0 Å². The van der Waals surface area contributed by atoms with Crippen molar-refractivity contribution in [3.63, 3.8) is 0 Å². The largest absolute Gasteiger partial charge is 0.417 e. The van der Waals surface area contributed by atoms with Gasteiger partial charge in [0, 0.05) is 10.1 Å². The number of hydrogen-bond donors (Lipinski definition) is 1. The van der Waals surface area contributed by atoms with Crippen LogP contribution in [0.1, 0.15) is 11.1 Å². The van der Waals surface area contributed by atoms with Gasteiger partial charge in [-0.15, -0.1) is 0 Å². The number of nitriles is 1. The van der Waals surface area contributed by atoms with Crippen molar-refractivity contribution in [3.05, 3.63) is 59.7 Å². The van der Waals surface area contributed by atoms with Crippen LogP contribution in [-0.2, 0) is 4.43 Å². The minimum atomic E-state index is -0.555. The van der Waals surface area contributed by atoms with E-state index in [1.54, 1.807) is 42.5 Å². The molecule has 0 saturated heterocycles. The highest BCUT2D eigenvalue weighted by atomic mass is 127. The van der Waals surface area contributed by atoms with Crippen LogP contribution >= 0.6 is 22.6 Å². The first-order valence-corrected chi connectivity index (χ1v) is 7.38. The van der Waals surface area contributed by atoms with Crippen molar-refractivity contribution in [1.82, 2.24) is 0 Å². The van der Waals surface area contributed by atoms with E-state index in [0.29, 0.717) is 21.4 Å². The van der Waals surface area contributed by atoms with Crippen molar-refractivity contribution < 1.29 is 9.53 Å². The zero-order valence-corrected chi connectivity index (χ0v) is 12.6. The van der Waals surface area contributed by atoms with Crippen LogP contribution in [-0.4, -0.2) is 6.09 Å². The summed E-state index contributed by atoms with van der Waals surface area (Å²) in [7, 11) is 0. The number of carbonyl (C=O) groups is 1. The number of amides is 1. The second kappa shape index (κ2) is 6.91. The van der Waals surface area contributed by atoms with Crippen molar-refractivity contribution in [2.75, 3.05) is 5.32 Å². The summed E-state index contributed by atoms with van der Waals surface area (Å²) in [6.07, 6.45) is -0.555. The minimum Gasteiger partial charge on any atom is -0.410 e. The van der Waals surface area contributed by atoms with Gasteiger partial charge in [-0.2, -0.15) is 5.26 Å². The predicted molar refractivity (Wildman–Crippen MR) is 85.0 cm³/mol. The number of rotatable bonds is 3. The summed E-state index contributed by atoms with van der Waals surface area (Å²) in [6.45, 7) is 0. The molecule has 0 fully saturated rings. The maximum atomic E-state index is 11.7. The number of nitrogens with one attached hydrogen (secondary N) is 1. The van der Waals surface area contributed by atoms with Crippen molar-refractivity contribution in [2.24, 2.45) is 0 Å². The fourth-order valence-corrected chi connectivity index (χ4v) is 2.26. The number of alkyl halides is 1. The van der Waals surface area contributed by atoms with E-state index in [9.17, 15) is 4.79 Å². The molecule has 0 heterocycles. The van der Waals surface area contributed by atoms with E-state index in [-0.39, 0.29) is 0 Å². The van der Waals surface area contributed by atoms with Crippen molar-refractivity contribution >= 4 is 34.4 Å². The monoisotopic (exact) mass is 378 g/mol. The van der Waals surface area contributed by atoms with Crippen molar-refractivity contribution in [2.45, 2.75) is 4.43 Å². The van der Waals surface area contributed by atoms with Gasteiger partial charge >= 0.3 is 6.09 Å². The van der Waals surface area contributed by atoms with Crippen LogP contribution in [0.25, 0.3) is 0 Å². The Labute approximate surface area is 130 Å². The molecule has 0 spiro atoms. The fourth-order valence-electron chi connectivity index (χ4n) is 1.63. The van der Waals surface area contributed by atoms with Crippen LogP contribution in [0.3, 0.4) is 0 Å². The van der Waals surface area contributed by atoms with Gasteiger partial charge in [-0.3, -0.25) is 5.32 Å². The number of anilines is 1. The zero-order chi connectivity index (χ0) is 14.4. The average molecular weight is 378 g/mol. The van der Waals surface area contributed by atoms with Gasteiger partial charge in [-0.05, 0) is 35.9 Å². The molecule has 0 bridgehead atoms. The highest BCUT2D eigenvalue weighted by Crippen LogP contribution is 2.19. The number of hydrogen-bond acceptors (Lipinski definition) is 3. The lowest BCUT2D eigenvalue weighted by Gasteiger charge is -2.08. The third-order valence-corrected chi connectivity index (χ3v) is 3.39. The lowest BCUT2D eigenvalue weighted by atomic mass is 10.1. The van der Waals surface area contributed by atoms with Gasteiger partial charge in [0.15, 0.2) is 0 Å². The smallest absolute Gasteiger partial charge is 0.410 e. The fraction of sp³-hybridized carbons (Fsp3) is 0.0667. The van der Waals surface area contributed by atoms with Crippen molar-refractivity contribution in [3.8, 4) is 11.8 Å². The van der Waals surface area contributed by atoms with Crippen LogP contribution in [0.15, 0.2) is 48.5 Å². The second-order valence-electron chi connectivity index (χ2n) is 3.94. The highest BCUT2D eigenvalue weighted by Gasteiger charge is 2.07. The van der Waals surface area contributed by atoms with E-state index in [4.69, 9.17) is 10.00 Å². The number of nitrogens with zero attached hydrogens (tertiary/aromatic N) is 1. The van der Waals surface area contributed by atoms with E-state index in [1.807, 2.05) is 6.07 Å². The molecule has 1 N–H and O–H groups in total. The first kappa shape index (κ1) is 14.3. The molecule has 1 amide bonds. The number of carbonyl (C=O) groups excluding carboxylic acids is 1. The predicted octanol–water partition coefficient (Wildman–Crippen LogP) is 4.10. The third-order valence-electron chi connectivity index (χ3n) is 2.57. The maximum absolute atomic E-state index is 11.7. The van der Waals surface area contributed by atoms with E-state index < -0.39 is 6.09 Å². The number of para-hydroxylation sites is 1. The van der Waals surface area contributed by atoms with Crippen LogP contribution < -0.4 is 10.1 Å². The first-order valence-electron chi connectivity index (χ1n) is 5.86. The Kier molecular flexibility index (Phi) is 4.96. The Hall–Kier alpha value is -2.07. The highest BCUT2D eigenvalue weighted by molar-refractivity contribution is 14.1. The Bertz CT molecular complexity index is 651. The Morgan fingerprint density at radius 3 is 2.65 bits per heavy atom. The van der Waals surface area contributed by atoms with Gasteiger partial charge in [0.05, 0.1) is 11.6 Å². The minimum absolute atomic E-state index is 0.479. The summed E-state index contributed by atoms with van der Waals surface area (Å²) < 4.78 is 5.83. The standard InChI is InChI=1S/C15H11IN2O2/c16-9-12-8-13(7-6-11(12)10-17)18-15(19)20-14-4-2-1-3-5-14/h1-8H,9H2,(H,18,19). The Morgan fingerprint density at radius 2 is 2.00 bits per heavy atom. The van der Waals surface area contributed by atoms with Crippen LogP contribution in [0.5, 0.6) is 5.75 Å². The topological polar surface area (TPSA) is 62.1 Å². The van der Waals surface area contributed by atoms with Gasteiger partial charge < -0.3 is 4.74 Å². The Morgan fingerprint density at radius 1 is 1.25 bits per heavy atom. The molecular formula is C15H11IN2O2. The Balaban J connectivity index is 2.07. The molecule has 0 unspecified atom stereocenters. The summed E-state index contributed by atoms with van der Waals surface area (Å²) in [6, 6.07) is 16.1. The molecule has 20 heavy (non-hydrogen) atoms. The average Bonchev–Trinajstić information content (AvgIpc) is 2.48. The molecule has 0 aromatic heterocycles. The third kappa shape index (κ3) is 3.71. The molecule has 2 rings (SSSR count). The number of benzene rings is 2. The molecule has 2 aromatic rings.